The third-order valence-corrected chi connectivity index (χ3v) is 8.51. The fraction of sp³-hybridized carbons (Fsp3) is 0.0238. The minimum Gasteiger partial charge on any atom is -0.311 e. The summed E-state index contributed by atoms with van der Waals surface area (Å²) in [5, 5.41) is 3.06. The van der Waals surface area contributed by atoms with Gasteiger partial charge in [0.1, 0.15) is 0 Å². The minimum absolute atomic E-state index is 0.122. The zero-order valence-corrected chi connectivity index (χ0v) is 25.2. The molecule has 0 fully saturated rings. The largest absolute Gasteiger partial charge is 0.311 e. The number of Topliss-reactive ketones (excluding diaryl/α,β-unsaturated/α-hetero) is 1. The molecule has 220 valence electrons. The van der Waals surface area contributed by atoms with Crippen molar-refractivity contribution < 1.29 is 4.79 Å². The molecule has 0 saturated heterocycles. The molecular formula is C42H31N3O. The zero-order valence-electron chi connectivity index (χ0n) is 25.2. The fourth-order valence-corrected chi connectivity index (χ4v) is 6.46. The van der Waals surface area contributed by atoms with Crippen molar-refractivity contribution >= 4 is 63.0 Å². The van der Waals surface area contributed by atoms with Gasteiger partial charge in [-0.2, -0.15) is 0 Å². The topological polar surface area (TPSA) is 28.5 Å². The van der Waals surface area contributed by atoms with E-state index in [1.165, 1.54) is 0 Å². The fourth-order valence-electron chi connectivity index (χ4n) is 6.46. The van der Waals surface area contributed by atoms with E-state index in [4.69, 9.17) is 0 Å². The van der Waals surface area contributed by atoms with Crippen molar-refractivity contribution in [2.45, 2.75) is 6.42 Å². The first-order valence-corrected chi connectivity index (χ1v) is 15.5. The maximum atomic E-state index is 12.8. The van der Waals surface area contributed by atoms with Crippen molar-refractivity contribution in [1.29, 1.82) is 0 Å². The highest BCUT2D eigenvalue weighted by molar-refractivity contribution is 6.11. The van der Waals surface area contributed by atoms with Crippen LogP contribution in [0.15, 0.2) is 164 Å². The van der Waals surface area contributed by atoms with Crippen LogP contribution in [0.1, 0.15) is 6.42 Å². The number of ketones is 1. The molecule has 1 heterocycles. The predicted octanol–water partition coefficient (Wildman–Crippen LogP) is 9.10. The SMILES string of the molecule is O=C1C=c2c(n(-c3ccc(N(c4ccccc4)c4ccccc4)cc3)c3ccc(N(c4ccccc4)c4ccccc4)cc23)=CC1. The number of nitrogens with zero attached hydrogens (tertiary/aromatic N) is 3. The molecule has 0 saturated carbocycles. The van der Waals surface area contributed by atoms with E-state index in [-0.39, 0.29) is 5.78 Å². The van der Waals surface area contributed by atoms with Gasteiger partial charge in [0, 0.05) is 56.8 Å². The molecule has 46 heavy (non-hydrogen) atoms. The number of hydrogen-bond donors (Lipinski definition) is 0. The summed E-state index contributed by atoms with van der Waals surface area (Å²) in [7, 11) is 0. The van der Waals surface area contributed by atoms with E-state index < -0.39 is 0 Å². The Balaban J connectivity index is 1.27. The third-order valence-electron chi connectivity index (χ3n) is 8.51. The smallest absolute Gasteiger partial charge is 0.160 e. The number of carbonyl (C=O) groups is 1. The lowest BCUT2D eigenvalue weighted by Gasteiger charge is -2.26. The average Bonchev–Trinajstić information content (AvgIpc) is 3.43. The molecule has 6 aromatic carbocycles. The Bertz CT molecular complexity index is 2200. The van der Waals surface area contributed by atoms with Gasteiger partial charge < -0.3 is 14.4 Å². The Hall–Kier alpha value is -6.13. The molecule has 4 nitrogen and oxygen atoms in total. The molecule has 0 atom stereocenters. The molecule has 0 bridgehead atoms. The number of para-hydroxylation sites is 4. The molecule has 1 aliphatic carbocycles. The molecule has 8 rings (SSSR count). The molecule has 1 aromatic heterocycles. The number of rotatable bonds is 7. The van der Waals surface area contributed by atoms with E-state index in [9.17, 15) is 4.79 Å². The highest BCUT2D eigenvalue weighted by Crippen LogP contribution is 2.37. The maximum Gasteiger partial charge on any atom is 0.160 e. The monoisotopic (exact) mass is 593 g/mol. The lowest BCUT2D eigenvalue weighted by atomic mass is 10.1. The molecular weight excluding hydrogens is 562 g/mol. The molecule has 0 aliphatic heterocycles. The van der Waals surface area contributed by atoms with Gasteiger partial charge >= 0.3 is 0 Å². The molecule has 0 spiro atoms. The number of anilines is 6. The number of fused-ring (bicyclic) bond motifs is 3. The summed E-state index contributed by atoms with van der Waals surface area (Å²) in [6, 6.07) is 56.9. The van der Waals surface area contributed by atoms with Gasteiger partial charge in [-0.1, -0.05) is 78.9 Å². The van der Waals surface area contributed by atoms with Crippen LogP contribution in [0.25, 0.3) is 28.7 Å². The highest BCUT2D eigenvalue weighted by Gasteiger charge is 2.18. The molecule has 4 heteroatoms. The van der Waals surface area contributed by atoms with Crippen molar-refractivity contribution in [3.05, 3.63) is 174 Å². The summed E-state index contributed by atoms with van der Waals surface area (Å²) in [6.45, 7) is 0. The van der Waals surface area contributed by atoms with Gasteiger partial charge in [-0.25, -0.2) is 0 Å². The van der Waals surface area contributed by atoms with Crippen molar-refractivity contribution in [2.24, 2.45) is 0 Å². The Morgan fingerprint density at radius 1 is 0.478 bits per heavy atom. The third kappa shape index (κ3) is 4.96. The molecule has 7 aromatic rings. The minimum atomic E-state index is 0.122. The summed E-state index contributed by atoms with van der Waals surface area (Å²) >= 11 is 0. The summed E-state index contributed by atoms with van der Waals surface area (Å²) in [4.78, 5) is 17.3. The van der Waals surface area contributed by atoms with E-state index in [0.717, 1.165) is 61.3 Å². The first-order valence-electron chi connectivity index (χ1n) is 15.5. The van der Waals surface area contributed by atoms with Crippen LogP contribution in [0.4, 0.5) is 34.1 Å². The maximum absolute atomic E-state index is 12.8. The van der Waals surface area contributed by atoms with E-state index in [0.29, 0.717) is 6.42 Å². The van der Waals surface area contributed by atoms with Crippen LogP contribution in [-0.4, -0.2) is 10.4 Å². The average molecular weight is 594 g/mol. The first-order chi connectivity index (χ1) is 22.7. The van der Waals surface area contributed by atoms with Gasteiger partial charge in [-0.05, 0) is 97.1 Å². The number of benzene rings is 6. The van der Waals surface area contributed by atoms with Crippen molar-refractivity contribution in [3.63, 3.8) is 0 Å². The summed E-state index contributed by atoms with van der Waals surface area (Å²) in [5.41, 5.74) is 8.56. The van der Waals surface area contributed by atoms with E-state index in [1.54, 1.807) is 0 Å². The van der Waals surface area contributed by atoms with E-state index in [1.807, 2.05) is 30.3 Å². The standard InChI is InChI=1S/C42H31N3O/c46-38-26-28-42-40(30-38)39-29-37(44(33-17-9-3-10-18-33)34-19-11-4-12-20-34)25-27-41(39)45(42)36-23-21-35(22-24-36)43(31-13-5-1-6-14-31)32-15-7-2-8-16-32/h1-25,27-30H,26H2. The highest BCUT2D eigenvalue weighted by atomic mass is 16.1. The Labute approximate surface area is 268 Å². The second kappa shape index (κ2) is 11.8. The van der Waals surface area contributed by atoms with Crippen LogP contribution in [0.5, 0.6) is 0 Å². The zero-order chi connectivity index (χ0) is 30.9. The Morgan fingerprint density at radius 3 is 1.41 bits per heavy atom. The van der Waals surface area contributed by atoms with Crippen LogP contribution in [0.3, 0.4) is 0 Å². The van der Waals surface area contributed by atoms with Gasteiger partial charge in [0.15, 0.2) is 5.78 Å². The molecule has 0 unspecified atom stereocenters. The number of carbonyl (C=O) groups excluding carboxylic acids is 1. The molecule has 1 aliphatic rings. The van der Waals surface area contributed by atoms with E-state index >= 15 is 0 Å². The summed E-state index contributed by atoms with van der Waals surface area (Å²) in [6.07, 6.45) is 4.27. The van der Waals surface area contributed by atoms with Gasteiger partial charge in [0.2, 0.25) is 0 Å². The van der Waals surface area contributed by atoms with Crippen molar-refractivity contribution in [1.82, 2.24) is 4.57 Å². The second-order valence-corrected chi connectivity index (χ2v) is 11.4. The lowest BCUT2D eigenvalue weighted by molar-refractivity contribution is -0.112. The van der Waals surface area contributed by atoms with Gasteiger partial charge in [0.05, 0.1) is 10.9 Å². The van der Waals surface area contributed by atoms with Crippen LogP contribution in [0.2, 0.25) is 0 Å². The van der Waals surface area contributed by atoms with Gasteiger partial charge in [0.25, 0.3) is 0 Å². The van der Waals surface area contributed by atoms with Gasteiger partial charge in [-0.15, -0.1) is 0 Å². The van der Waals surface area contributed by atoms with Gasteiger partial charge in [-0.3, -0.25) is 4.79 Å². The lowest BCUT2D eigenvalue weighted by Crippen LogP contribution is -2.32. The normalized spacial score (nSPS) is 12.2. The van der Waals surface area contributed by atoms with Crippen LogP contribution < -0.4 is 20.4 Å². The molecule has 0 radical (unpaired) electrons. The number of hydrogen-bond acceptors (Lipinski definition) is 3. The summed E-state index contributed by atoms with van der Waals surface area (Å²) in [5.74, 6) is 0.122. The number of aromatic nitrogens is 1. The second-order valence-electron chi connectivity index (χ2n) is 11.4. The predicted molar refractivity (Wildman–Crippen MR) is 190 cm³/mol. The van der Waals surface area contributed by atoms with Crippen molar-refractivity contribution in [2.75, 3.05) is 9.80 Å². The Kier molecular flexibility index (Phi) is 7.01. The van der Waals surface area contributed by atoms with Crippen LogP contribution in [-0.2, 0) is 4.79 Å². The van der Waals surface area contributed by atoms with E-state index in [2.05, 4.69) is 160 Å². The van der Waals surface area contributed by atoms with Crippen molar-refractivity contribution in [3.8, 4) is 5.69 Å². The quantitative estimate of drug-likeness (QED) is 0.185. The first kappa shape index (κ1) is 27.4. The summed E-state index contributed by atoms with van der Waals surface area (Å²) < 4.78 is 2.28. The molecule has 0 amide bonds. The molecule has 0 N–H and O–H groups in total. The Morgan fingerprint density at radius 2 is 0.913 bits per heavy atom. The van der Waals surface area contributed by atoms with Crippen LogP contribution in [0, 0.1) is 0 Å². The van der Waals surface area contributed by atoms with Crippen LogP contribution >= 0.6 is 0 Å².